The van der Waals surface area contributed by atoms with Gasteiger partial charge in [-0.2, -0.15) is 0 Å². The SMILES string of the molecule is CC(C(=O)c1ccc(F)cc1F)N(C)C1CCCCCC1. The Balaban J connectivity index is 2.10. The van der Waals surface area contributed by atoms with Crippen LogP contribution >= 0.6 is 0 Å². The predicted molar refractivity (Wildman–Crippen MR) is 79.4 cm³/mol. The van der Waals surface area contributed by atoms with Gasteiger partial charge in [0.05, 0.1) is 11.6 Å². The van der Waals surface area contributed by atoms with Gasteiger partial charge in [0.1, 0.15) is 11.6 Å². The lowest BCUT2D eigenvalue weighted by atomic mass is 10.00. The number of hydrogen-bond acceptors (Lipinski definition) is 2. The third-order valence-corrected chi connectivity index (χ3v) is 4.59. The van der Waals surface area contributed by atoms with Gasteiger partial charge in [0.25, 0.3) is 0 Å². The summed E-state index contributed by atoms with van der Waals surface area (Å²) in [5.74, 6) is -1.71. The number of rotatable bonds is 4. The molecule has 0 spiro atoms. The normalized spacial score (nSPS) is 18.5. The van der Waals surface area contributed by atoms with Gasteiger partial charge in [0, 0.05) is 12.1 Å². The van der Waals surface area contributed by atoms with Crippen LogP contribution in [0.4, 0.5) is 8.78 Å². The van der Waals surface area contributed by atoms with Crippen LogP contribution in [0.5, 0.6) is 0 Å². The first kappa shape index (κ1) is 16.1. The van der Waals surface area contributed by atoms with Gasteiger partial charge in [0.15, 0.2) is 5.78 Å². The van der Waals surface area contributed by atoms with E-state index in [1.807, 2.05) is 7.05 Å². The van der Waals surface area contributed by atoms with Crippen LogP contribution in [0.15, 0.2) is 18.2 Å². The molecule has 1 atom stereocenters. The molecule has 0 radical (unpaired) electrons. The smallest absolute Gasteiger partial charge is 0.182 e. The van der Waals surface area contributed by atoms with Crippen LogP contribution in [0.1, 0.15) is 55.8 Å². The van der Waals surface area contributed by atoms with E-state index in [9.17, 15) is 13.6 Å². The molecule has 0 saturated heterocycles. The van der Waals surface area contributed by atoms with Crippen LogP contribution in [0.25, 0.3) is 0 Å². The van der Waals surface area contributed by atoms with Gasteiger partial charge in [-0.15, -0.1) is 0 Å². The molecule has 21 heavy (non-hydrogen) atoms. The lowest BCUT2D eigenvalue weighted by Gasteiger charge is -2.31. The van der Waals surface area contributed by atoms with Crippen molar-refractivity contribution in [3.8, 4) is 0 Å². The number of halogens is 2. The van der Waals surface area contributed by atoms with Crippen molar-refractivity contribution in [3.63, 3.8) is 0 Å². The summed E-state index contributed by atoms with van der Waals surface area (Å²) in [6.07, 6.45) is 7.03. The van der Waals surface area contributed by atoms with E-state index in [1.165, 1.54) is 31.7 Å². The van der Waals surface area contributed by atoms with Gasteiger partial charge < -0.3 is 0 Å². The molecule has 1 aliphatic carbocycles. The number of Topliss-reactive ketones (excluding diaryl/α,β-unsaturated/α-hetero) is 1. The summed E-state index contributed by atoms with van der Waals surface area (Å²) in [5.41, 5.74) is -0.0237. The highest BCUT2D eigenvalue weighted by Crippen LogP contribution is 2.24. The topological polar surface area (TPSA) is 20.3 Å². The lowest BCUT2D eigenvalue weighted by Crippen LogP contribution is -2.43. The van der Waals surface area contributed by atoms with E-state index in [-0.39, 0.29) is 11.3 Å². The maximum Gasteiger partial charge on any atom is 0.182 e. The summed E-state index contributed by atoms with van der Waals surface area (Å²) in [6.45, 7) is 1.80. The van der Waals surface area contributed by atoms with Gasteiger partial charge in [-0.1, -0.05) is 25.7 Å². The van der Waals surface area contributed by atoms with E-state index in [1.54, 1.807) is 6.92 Å². The summed E-state index contributed by atoms with van der Waals surface area (Å²) in [6, 6.07) is 3.12. The Morgan fingerprint density at radius 2 is 1.81 bits per heavy atom. The molecule has 1 aromatic rings. The van der Waals surface area contributed by atoms with Crippen molar-refractivity contribution >= 4 is 5.78 Å². The second-order valence-electron chi connectivity index (χ2n) is 5.98. The molecule has 4 heteroatoms. The van der Waals surface area contributed by atoms with Crippen LogP contribution in [0, 0.1) is 11.6 Å². The predicted octanol–water partition coefficient (Wildman–Crippen LogP) is 4.19. The molecule has 1 fully saturated rings. The van der Waals surface area contributed by atoms with Crippen LogP contribution < -0.4 is 0 Å². The van der Waals surface area contributed by atoms with E-state index in [4.69, 9.17) is 0 Å². The monoisotopic (exact) mass is 295 g/mol. The molecule has 1 aromatic carbocycles. The van der Waals surface area contributed by atoms with Gasteiger partial charge in [-0.3, -0.25) is 9.69 Å². The highest BCUT2D eigenvalue weighted by atomic mass is 19.1. The summed E-state index contributed by atoms with van der Waals surface area (Å²) in [5, 5.41) is 0. The maximum atomic E-state index is 13.8. The first-order valence-electron chi connectivity index (χ1n) is 7.72. The minimum absolute atomic E-state index is 0.0237. The average Bonchev–Trinajstić information content (AvgIpc) is 2.74. The number of carbonyl (C=O) groups is 1. The Hall–Kier alpha value is -1.29. The molecule has 0 bridgehead atoms. The van der Waals surface area contributed by atoms with E-state index < -0.39 is 17.7 Å². The van der Waals surface area contributed by atoms with E-state index >= 15 is 0 Å². The molecule has 0 N–H and O–H groups in total. The van der Waals surface area contributed by atoms with Crippen molar-refractivity contribution < 1.29 is 13.6 Å². The summed E-state index contributed by atoms with van der Waals surface area (Å²) in [4.78, 5) is 14.5. The number of benzene rings is 1. The molecule has 0 aliphatic heterocycles. The molecular formula is C17H23F2NO. The summed E-state index contributed by atoms with van der Waals surface area (Å²) >= 11 is 0. The number of carbonyl (C=O) groups excluding carboxylic acids is 1. The number of hydrogen-bond donors (Lipinski definition) is 0. The molecule has 2 nitrogen and oxygen atoms in total. The summed E-state index contributed by atoms with van der Waals surface area (Å²) in [7, 11) is 1.93. The zero-order valence-electron chi connectivity index (χ0n) is 12.7. The zero-order valence-corrected chi connectivity index (χ0v) is 12.7. The van der Waals surface area contributed by atoms with Crippen molar-refractivity contribution in [3.05, 3.63) is 35.4 Å². The van der Waals surface area contributed by atoms with E-state index in [0.29, 0.717) is 6.04 Å². The largest absolute Gasteiger partial charge is 0.294 e. The standard InChI is InChI=1S/C17H23F2NO/c1-12(20(2)14-7-5-3-4-6-8-14)17(21)15-10-9-13(18)11-16(15)19/h9-12,14H,3-8H2,1-2H3. The third kappa shape index (κ3) is 3.88. The van der Waals surface area contributed by atoms with Crippen LogP contribution in [0.2, 0.25) is 0 Å². The molecule has 2 rings (SSSR count). The van der Waals surface area contributed by atoms with Crippen LogP contribution in [0.3, 0.4) is 0 Å². The van der Waals surface area contributed by atoms with Gasteiger partial charge in [-0.25, -0.2) is 8.78 Å². The fourth-order valence-corrected chi connectivity index (χ4v) is 3.08. The van der Waals surface area contributed by atoms with Crippen molar-refractivity contribution in [2.24, 2.45) is 0 Å². The van der Waals surface area contributed by atoms with Crippen LogP contribution in [-0.2, 0) is 0 Å². The fraction of sp³-hybridized carbons (Fsp3) is 0.588. The Morgan fingerprint density at radius 3 is 2.38 bits per heavy atom. The first-order chi connectivity index (χ1) is 10.0. The Kier molecular flexibility index (Phi) is 5.45. The molecule has 116 valence electrons. The number of nitrogens with zero attached hydrogens (tertiary/aromatic N) is 1. The average molecular weight is 295 g/mol. The number of ketones is 1. The quantitative estimate of drug-likeness (QED) is 0.613. The molecule has 0 aromatic heterocycles. The number of likely N-dealkylation sites (N-methyl/N-ethyl adjacent to an activating group) is 1. The minimum Gasteiger partial charge on any atom is -0.294 e. The molecule has 0 amide bonds. The van der Waals surface area contributed by atoms with E-state index in [0.717, 1.165) is 25.0 Å². The lowest BCUT2D eigenvalue weighted by molar-refractivity contribution is 0.0797. The highest BCUT2D eigenvalue weighted by Gasteiger charge is 2.27. The van der Waals surface area contributed by atoms with Crippen molar-refractivity contribution in [1.82, 2.24) is 4.90 Å². The second-order valence-corrected chi connectivity index (χ2v) is 5.98. The van der Waals surface area contributed by atoms with Crippen LogP contribution in [-0.4, -0.2) is 29.8 Å². The Labute approximate surface area is 125 Å². The maximum absolute atomic E-state index is 13.8. The van der Waals surface area contributed by atoms with E-state index in [2.05, 4.69) is 4.90 Å². The molecule has 0 heterocycles. The molecule has 1 aliphatic rings. The second kappa shape index (κ2) is 7.12. The minimum atomic E-state index is -0.777. The molecule has 1 unspecified atom stereocenters. The Bertz CT molecular complexity index is 496. The zero-order chi connectivity index (χ0) is 15.4. The highest BCUT2D eigenvalue weighted by molar-refractivity contribution is 6.00. The summed E-state index contributed by atoms with van der Waals surface area (Å²) < 4.78 is 26.7. The first-order valence-corrected chi connectivity index (χ1v) is 7.72. The van der Waals surface area contributed by atoms with Gasteiger partial charge in [-0.05, 0) is 38.9 Å². The fourth-order valence-electron chi connectivity index (χ4n) is 3.08. The molecular weight excluding hydrogens is 272 g/mol. The van der Waals surface area contributed by atoms with Crippen molar-refractivity contribution in [1.29, 1.82) is 0 Å². The van der Waals surface area contributed by atoms with Gasteiger partial charge in [0.2, 0.25) is 0 Å². The third-order valence-electron chi connectivity index (χ3n) is 4.59. The Morgan fingerprint density at radius 1 is 1.19 bits per heavy atom. The van der Waals surface area contributed by atoms with Gasteiger partial charge >= 0.3 is 0 Å². The van der Waals surface area contributed by atoms with Crippen molar-refractivity contribution in [2.75, 3.05) is 7.05 Å². The molecule has 1 saturated carbocycles. The van der Waals surface area contributed by atoms with Crippen molar-refractivity contribution in [2.45, 2.75) is 57.5 Å².